The van der Waals surface area contributed by atoms with Gasteiger partial charge in [-0.3, -0.25) is 4.79 Å². The minimum absolute atomic E-state index is 0.0713. The van der Waals surface area contributed by atoms with E-state index in [4.69, 9.17) is 4.74 Å². The maximum Gasteiger partial charge on any atom is 0.195 e. The minimum atomic E-state index is -1.49. The fourth-order valence-corrected chi connectivity index (χ4v) is 6.40. The Morgan fingerprint density at radius 3 is 2.40 bits per heavy atom. The number of methoxy groups -OCH3 is 1. The molecule has 25 heavy (non-hydrogen) atoms. The summed E-state index contributed by atoms with van der Waals surface area (Å²) >= 11 is 1.63. The van der Waals surface area contributed by atoms with E-state index in [-0.39, 0.29) is 12.2 Å². The number of carbonyl (C=O) groups excluding carboxylic acids is 1. The monoisotopic (exact) mass is 376 g/mol. The highest BCUT2D eigenvalue weighted by Crippen LogP contribution is 2.48. The molecule has 5 heteroatoms. The van der Waals surface area contributed by atoms with Crippen LogP contribution in [0.3, 0.4) is 0 Å². The summed E-state index contributed by atoms with van der Waals surface area (Å²) in [5, 5.41) is 11.4. The molecule has 1 aliphatic rings. The minimum Gasteiger partial charge on any atom is -0.380 e. The number of hydrogen-bond acceptors (Lipinski definition) is 4. The Morgan fingerprint density at radius 2 is 1.96 bits per heavy atom. The first-order valence-electron chi connectivity index (χ1n) is 8.42. The van der Waals surface area contributed by atoms with Gasteiger partial charge < -0.3 is 9.84 Å². The molecule has 136 valence electrons. The number of rotatable bonds is 4. The smallest absolute Gasteiger partial charge is 0.195 e. The molecule has 0 radical (unpaired) electrons. The van der Waals surface area contributed by atoms with Gasteiger partial charge in [0.1, 0.15) is 5.60 Å². The lowest BCUT2D eigenvalue weighted by atomic mass is 9.68. The molecule has 2 rings (SSSR count). The van der Waals surface area contributed by atoms with Crippen LogP contribution in [0.4, 0.5) is 0 Å². The fraction of sp³-hybridized carbons (Fsp3) is 0.500. The van der Waals surface area contributed by atoms with Crippen LogP contribution in [0.2, 0.25) is 19.6 Å². The van der Waals surface area contributed by atoms with Crippen molar-refractivity contribution in [3.05, 3.63) is 46.0 Å². The summed E-state index contributed by atoms with van der Waals surface area (Å²) in [5.74, 6) is -0.0713. The lowest BCUT2D eigenvalue weighted by molar-refractivity contribution is -0.147. The molecule has 0 amide bonds. The Labute approximate surface area is 155 Å². The predicted molar refractivity (Wildman–Crippen MR) is 107 cm³/mol. The van der Waals surface area contributed by atoms with Crippen LogP contribution in [0.5, 0.6) is 0 Å². The third kappa shape index (κ3) is 3.05. The lowest BCUT2D eigenvalue weighted by Crippen LogP contribution is -2.52. The second-order valence-corrected chi connectivity index (χ2v) is 14.3. The van der Waals surface area contributed by atoms with Crippen molar-refractivity contribution in [2.45, 2.75) is 58.0 Å². The fourth-order valence-electron chi connectivity index (χ4n) is 3.34. The van der Waals surface area contributed by atoms with Crippen molar-refractivity contribution in [2.24, 2.45) is 0 Å². The molecular weight excluding hydrogens is 348 g/mol. The number of carbonyl (C=O) groups is 1. The Kier molecular flexibility index (Phi) is 5.21. The molecule has 3 nitrogen and oxygen atoms in total. The summed E-state index contributed by atoms with van der Waals surface area (Å²) in [4.78, 5) is 14.1. The van der Waals surface area contributed by atoms with Gasteiger partial charge in [0.15, 0.2) is 11.4 Å². The average Bonchev–Trinajstić information content (AvgIpc) is 3.06. The van der Waals surface area contributed by atoms with Gasteiger partial charge in [-0.05, 0) is 42.5 Å². The quantitative estimate of drug-likeness (QED) is 0.640. The molecule has 0 aliphatic heterocycles. The summed E-state index contributed by atoms with van der Waals surface area (Å²) in [5.41, 5.74) is 2.18. The van der Waals surface area contributed by atoms with E-state index in [1.165, 1.54) is 4.50 Å². The number of thiophene rings is 1. The highest BCUT2D eigenvalue weighted by atomic mass is 32.1. The molecule has 0 aromatic carbocycles. The second-order valence-electron chi connectivity index (χ2n) is 7.86. The van der Waals surface area contributed by atoms with Crippen LogP contribution in [0.15, 0.2) is 41.2 Å². The summed E-state index contributed by atoms with van der Waals surface area (Å²) in [6.45, 7) is 15.9. The normalized spacial score (nSPS) is 27.4. The molecule has 0 spiro atoms. The highest BCUT2D eigenvalue weighted by Gasteiger charge is 2.54. The van der Waals surface area contributed by atoms with Crippen molar-refractivity contribution in [1.29, 1.82) is 0 Å². The largest absolute Gasteiger partial charge is 0.380 e. The van der Waals surface area contributed by atoms with E-state index in [0.717, 1.165) is 4.88 Å². The first-order valence-corrected chi connectivity index (χ1v) is 12.7. The Morgan fingerprint density at radius 1 is 1.36 bits per heavy atom. The summed E-state index contributed by atoms with van der Waals surface area (Å²) in [6, 6.07) is 4.09. The number of Topliss-reactive ketones (excluding diaryl/α,β-unsaturated/α-hetero) is 1. The van der Waals surface area contributed by atoms with Gasteiger partial charge in [0.2, 0.25) is 0 Å². The van der Waals surface area contributed by atoms with E-state index < -0.39 is 19.3 Å². The molecule has 1 N–H and O–H groups in total. The van der Waals surface area contributed by atoms with E-state index >= 15 is 0 Å². The Hall–Kier alpha value is -1.23. The molecule has 1 aromatic heterocycles. The predicted octanol–water partition coefficient (Wildman–Crippen LogP) is 3.91. The van der Waals surface area contributed by atoms with Gasteiger partial charge in [0.05, 0.1) is 8.07 Å². The van der Waals surface area contributed by atoms with Crippen LogP contribution in [0, 0.1) is 0 Å². The number of hydrogen-bond donors (Lipinski definition) is 1. The van der Waals surface area contributed by atoms with Crippen molar-refractivity contribution >= 4 is 29.7 Å². The van der Waals surface area contributed by atoms with Crippen molar-refractivity contribution in [2.75, 3.05) is 7.11 Å². The zero-order valence-electron chi connectivity index (χ0n) is 16.2. The maximum absolute atomic E-state index is 13.2. The van der Waals surface area contributed by atoms with E-state index in [1.807, 2.05) is 6.07 Å². The van der Waals surface area contributed by atoms with Gasteiger partial charge in [-0.2, -0.15) is 0 Å². The number of aliphatic hydroxyl groups is 1. The molecule has 0 unspecified atom stereocenters. The summed E-state index contributed by atoms with van der Waals surface area (Å²) < 4.78 is 7.15. The summed E-state index contributed by atoms with van der Waals surface area (Å²) in [6.07, 6.45) is 0.151. The van der Waals surface area contributed by atoms with E-state index in [9.17, 15) is 9.90 Å². The molecule has 1 aromatic rings. The van der Waals surface area contributed by atoms with Gasteiger partial charge in [0.25, 0.3) is 0 Å². The van der Waals surface area contributed by atoms with Crippen molar-refractivity contribution in [3.8, 4) is 0 Å². The molecule has 1 aliphatic carbocycles. The van der Waals surface area contributed by atoms with Crippen molar-refractivity contribution in [1.82, 2.24) is 0 Å². The topological polar surface area (TPSA) is 46.5 Å². The van der Waals surface area contributed by atoms with Crippen molar-refractivity contribution < 1.29 is 14.6 Å². The Balaban J connectivity index is 2.71. The van der Waals surface area contributed by atoms with Crippen LogP contribution in [0.1, 0.15) is 32.1 Å². The maximum atomic E-state index is 13.2. The number of ether oxygens (including phenoxy) is 1. The van der Waals surface area contributed by atoms with E-state index in [1.54, 1.807) is 39.2 Å². The third-order valence-corrected chi connectivity index (χ3v) is 10.2. The third-order valence-electron chi connectivity index (χ3n) is 5.37. The second kappa shape index (κ2) is 6.49. The van der Waals surface area contributed by atoms with Crippen LogP contribution < -0.4 is 4.50 Å². The molecule has 0 bridgehead atoms. The van der Waals surface area contributed by atoms with Gasteiger partial charge in [0, 0.05) is 24.0 Å². The number of ketones is 1. The van der Waals surface area contributed by atoms with Gasteiger partial charge >= 0.3 is 0 Å². The van der Waals surface area contributed by atoms with Crippen LogP contribution in [-0.2, 0) is 15.1 Å². The Bertz CT molecular complexity index is 792. The standard InChI is InChI=1S/C20H28O3SSi/c1-9-13(2)19(22)12-20(23-5,18(21)14(3)15(19)4)16-10-11-17(24-16)25(6,7)8/h10-11,22H,1,12H2,2-8H3/t19-,20+/m0/s1. The summed E-state index contributed by atoms with van der Waals surface area (Å²) in [7, 11) is 0.0597. The molecule has 1 heterocycles. The highest BCUT2D eigenvalue weighted by molar-refractivity contribution is 7.26. The zero-order valence-corrected chi connectivity index (χ0v) is 18.1. The van der Waals surface area contributed by atoms with Crippen molar-refractivity contribution in [3.63, 3.8) is 0 Å². The average molecular weight is 377 g/mol. The molecule has 2 atom stereocenters. The van der Waals surface area contributed by atoms with E-state index in [0.29, 0.717) is 16.7 Å². The first kappa shape index (κ1) is 20.1. The molecule has 0 saturated carbocycles. The van der Waals surface area contributed by atoms with Crippen LogP contribution in [0.25, 0.3) is 0 Å². The SMILES string of the molecule is C=C=C(C)[C@@]1(O)C[C@@](OC)(c2ccc([Si](C)(C)C)s2)C(=O)C(C)=C1C. The molecule has 0 fully saturated rings. The molecular formula is C20H28O3SSi. The van der Waals surface area contributed by atoms with Gasteiger partial charge in [-0.25, -0.2) is 0 Å². The van der Waals surface area contributed by atoms with Gasteiger partial charge in [-0.15, -0.1) is 17.1 Å². The van der Waals surface area contributed by atoms with E-state index in [2.05, 4.69) is 38.0 Å². The lowest BCUT2D eigenvalue weighted by Gasteiger charge is -2.44. The van der Waals surface area contributed by atoms with Gasteiger partial charge in [-0.1, -0.05) is 32.3 Å². The van der Waals surface area contributed by atoms with Crippen LogP contribution in [-0.4, -0.2) is 31.7 Å². The van der Waals surface area contributed by atoms with Crippen LogP contribution >= 0.6 is 11.3 Å². The molecule has 0 saturated heterocycles. The zero-order chi connectivity index (χ0) is 19.2. The first-order chi connectivity index (χ1) is 11.4.